The first-order chi connectivity index (χ1) is 34.2. The molecule has 4 atom stereocenters. The van der Waals surface area contributed by atoms with E-state index in [2.05, 4.69) is 98.0 Å². The van der Waals surface area contributed by atoms with Gasteiger partial charge in [0.15, 0.2) is 5.78 Å². The molecule has 7 aliphatic rings. The van der Waals surface area contributed by atoms with Crippen LogP contribution in [0.4, 0.5) is 0 Å². The van der Waals surface area contributed by atoms with E-state index < -0.39 is 0 Å². The van der Waals surface area contributed by atoms with E-state index in [0.29, 0.717) is 17.8 Å². The van der Waals surface area contributed by atoms with Crippen molar-refractivity contribution in [1.82, 2.24) is 56.5 Å². The summed E-state index contributed by atoms with van der Waals surface area (Å²) in [6.07, 6.45) is 3.76. The predicted octanol–water partition coefficient (Wildman–Crippen LogP) is 8.60. The van der Waals surface area contributed by atoms with Crippen LogP contribution in [0, 0.1) is 27.7 Å². The number of aromatic nitrogens is 6. The van der Waals surface area contributed by atoms with Gasteiger partial charge in [-0.2, -0.15) is 0 Å². The van der Waals surface area contributed by atoms with Gasteiger partial charge in [-0.3, -0.25) is 28.8 Å². The topological polar surface area (TPSA) is 278 Å². The molecular formula is C56H75N11O7. The number of hydrogen-bond donors (Lipinski definition) is 12. The van der Waals surface area contributed by atoms with Crippen LogP contribution in [-0.2, 0) is 22.8 Å². The molecule has 0 aromatic carbocycles. The molecule has 0 saturated heterocycles. The number of H-pyrrole nitrogens is 6. The minimum atomic E-state index is -0.249. The average Bonchev–Trinajstić information content (AvgIpc) is 4.16. The number of ketones is 1. The first-order valence-electron chi connectivity index (χ1n) is 25.1. The quantitative estimate of drug-likeness (QED) is 0.0761. The molecule has 396 valence electrons. The monoisotopic (exact) mass is 1010 g/mol. The molecular weight excluding hydrogens is 939 g/mol. The molecule has 1 spiro atoms. The largest absolute Gasteiger partial charge is 0.394 e. The third-order valence-corrected chi connectivity index (χ3v) is 14.1. The summed E-state index contributed by atoms with van der Waals surface area (Å²) in [5.41, 5.74) is 17.5. The Morgan fingerprint density at radius 3 is 1.31 bits per heavy atom. The van der Waals surface area contributed by atoms with Gasteiger partial charge in [-0.05, 0) is 104 Å². The van der Waals surface area contributed by atoms with Crippen molar-refractivity contribution in [2.45, 2.75) is 164 Å². The molecule has 12 N–H and O–H groups in total. The number of amides is 5. The number of Topliss-reactive ketones (excluding diaryl/α,β-unsaturated/α-hetero) is 1. The maximum absolute atomic E-state index is 11.7. The van der Waals surface area contributed by atoms with Gasteiger partial charge in [0.2, 0.25) is 0 Å². The van der Waals surface area contributed by atoms with Gasteiger partial charge in [0.1, 0.15) is 0 Å². The summed E-state index contributed by atoms with van der Waals surface area (Å²) in [5.74, 6) is 0.398. The second kappa shape index (κ2) is 20.2. The molecule has 74 heavy (non-hydrogen) atoms. The van der Waals surface area contributed by atoms with Gasteiger partial charge in [-0.25, -0.2) is 0 Å². The lowest BCUT2D eigenvalue weighted by Gasteiger charge is -2.17. The molecule has 0 radical (unpaired) electrons. The van der Waals surface area contributed by atoms with Gasteiger partial charge in [0.05, 0.1) is 92.6 Å². The van der Waals surface area contributed by atoms with Crippen molar-refractivity contribution in [3.8, 4) is 0 Å². The smallest absolute Gasteiger partial charge is 0.253 e. The molecule has 2 aliphatic carbocycles. The Morgan fingerprint density at radius 1 is 0.486 bits per heavy atom. The SMILES string of the molecule is C.CC(C)(C)c1cc2c([nH]1)C1(CC1)NC2=O.CC1NC(=O)c2cc(C(C)(C)C)[nH]c21.Cc1cc2c([nH]1)C(CO)NC2=O.Cc1cc2c([nH]1)CCC2=O.Cc1cc2c([nH]1)[C@@H](C)NC2=O.Cc1cc2c([nH]1)[C@H](C)NC2=O. The average molecular weight is 1010 g/mol. The van der Waals surface area contributed by atoms with Crippen LogP contribution in [0.25, 0.3) is 0 Å². The van der Waals surface area contributed by atoms with Crippen molar-refractivity contribution >= 4 is 35.3 Å². The van der Waals surface area contributed by atoms with Crippen LogP contribution in [0.1, 0.15) is 244 Å². The molecule has 2 unspecified atom stereocenters. The molecule has 6 aromatic heterocycles. The molecule has 11 heterocycles. The van der Waals surface area contributed by atoms with Gasteiger partial charge in [0, 0.05) is 62.7 Å². The molecule has 1 saturated carbocycles. The maximum atomic E-state index is 11.7. The van der Waals surface area contributed by atoms with Crippen LogP contribution in [0.5, 0.6) is 0 Å². The molecule has 18 heteroatoms. The molecule has 1 fully saturated rings. The van der Waals surface area contributed by atoms with Crippen molar-refractivity contribution in [3.63, 3.8) is 0 Å². The number of aliphatic hydroxyl groups is 1. The third kappa shape index (κ3) is 10.8. The number of rotatable bonds is 1. The van der Waals surface area contributed by atoms with Crippen LogP contribution in [0.2, 0.25) is 0 Å². The Kier molecular flexibility index (Phi) is 14.8. The van der Waals surface area contributed by atoms with Gasteiger partial charge >= 0.3 is 0 Å². The number of fused-ring (bicyclic) bond motifs is 7. The number of hydrogen-bond acceptors (Lipinski definition) is 7. The van der Waals surface area contributed by atoms with Gasteiger partial charge in [-0.15, -0.1) is 0 Å². The summed E-state index contributed by atoms with van der Waals surface area (Å²) in [7, 11) is 0. The number of carbonyl (C=O) groups is 6. The minimum absolute atomic E-state index is 0. The van der Waals surface area contributed by atoms with E-state index >= 15 is 0 Å². The zero-order valence-corrected chi connectivity index (χ0v) is 44.2. The van der Waals surface area contributed by atoms with Gasteiger partial charge < -0.3 is 61.6 Å². The second-order valence-electron chi connectivity index (χ2n) is 22.4. The lowest BCUT2D eigenvalue weighted by Crippen LogP contribution is -2.26. The van der Waals surface area contributed by atoms with E-state index in [0.717, 1.165) is 115 Å². The highest BCUT2D eigenvalue weighted by molar-refractivity contribution is 6.02. The number of aryl methyl sites for hydroxylation is 5. The lowest BCUT2D eigenvalue weighted by atomic mass is 9.92. The van der Waals surface area contributed by atoms with E-state index in [-0.39, 0.29) is 84.1 Å². The van der Waals surface area contributed by atoms with Crippen LogP contribution < -0.4 is 26.6 Å². The Labute approximate surface area is 432 Å². The molecule has 18 nitrogen and oxygen atoms in total. The summed E-state index contributed by atoms with van der Waals surface area (Å²) in [5, 5.41) is 23.1. The van der Waals surface area contributed by atoms with Crippen LogP contribution >= 0.6 is 0 Å². The number of nitrogens with one attached hydrogen (secondary N) is 11. The highest BCUT2D eigenvalue weighted by Gasteiger charge is 2.54. The fraction of sp³-hybridized carbons (Fsp3) is 0.464. The van der Waals surface area contributed by atoms with Crippen LogP contribution in [0.3, 0.4) is 0 Å². The Balaban J connectivity index is 0.000000130. The number of carbonyl (C=O) groups excluding carboxylic acids is 6. The molecule has 6 aromatic rings. The van der Waals surface area contributed by atoms with E-state index in [4.69, 9.17) is 5.11 Å². The van der Waals surface area contributed by atoms with E-state index in [1.54, 1.807) is 6.07 Å². The fourth-order valence-corrected chi connectivity index (χ4v) is 9.97. The first-order valence-corrected chi connectivity index (χ1v) is 25.1. The molecule has 0 bridgehead atoms. The van der Waals surface area contributed by atoms with Crippen molar-refractivity contribution < 1.29 is 33.9 Å². The number of aromatic amines is 6. The van der Waals surface area contributed by atoms with Crippen molar-refractivity contribution in [2.24, 2.45) is 0 Å². The summed E-state index contributed by atoms with van der Waals surface area (Å²) >= 11 is 0. The van der Waals surface area contributed by atoms with E-state index in [1.165, 1.54) is 0 Å². The van der Waals surface area contributed by atoms with Crippen molar-refractivity contribution in [3.05, 3.63) is 138 Å². The van der Waals surface area contributed by atoms with Gasteiger partial charge in [-0.1, -0.05) is 49.0 Å². The zero-order chi connectivity index (χ0) is 53.2. The van der Waals surface area contributed by atoms with Crippen molar-refractivity contribution in [1.29, 1.82) is 0 Å². The summed E-state index contributed by atoms with van der Waals surface area (Å²) < 4.78 is 0. The van der Waals surface area contributed by atoms with Crippen LogP contribution in [0.15, 0.2) is 36.4 Å². The summed E-state index contributed by atoms with van der Waals surface area (Å²) in [6, 6.07) is 11.6. The highest BCUT2D eigenvalue weighted by Crippen LogP contribution is 2.50. The Bertz CT molecular complexity index is 3090. The second-order valence-corrected chi connectivity index (χ2v) is 22.4. The minimum Gasteiger partial charge on any atom is -0.394 e. The highest BCUT2D eigenvalue weighted by atomic mass is 16.3. The molecule has 5 amide bonds. The first kappa shape index (κ1) is 54.4. The van der Waals surface area contributed by atoms with E-state index in [9.17, 15) is 28.8 Å². The number of aliphatic hydroxyl groups excluding tert-OH is 1. The Hall–Kier alpha value is -7.34. The normalized spacial score (nSPS) is 20.3. The summed E-state index contributed by atoms with van der Waals surface area (Å²) in [4.78, 5) is 87.1. The predicted molar refractivity (Wildman–Crippen MR) is 284 cm³/mol. The van der Waals surface area contributed by atoms with Crippen LogP contribution in [-0.4, -0.2) is 76.9 Å². The fourth-order valence-electron chi connectivity index (χ4n) is 9.97. The van der Waals surface area contributed by atoms with Gasteiger partial charge in [0.25, 0.3) is 29.5 Å². The summed E-state index contributed by atoms with van der Waals surface area (Å²) in [6.45, 7) is 26.5. The zero-order valence-electron chi connectivity index (χ0n) is 44.2. The third-order valence-electron chi connectivity index (χ3n) is 14.1. The van der Waals surface area contributed by atoms with E-state index in [1.807, 2.05) is 78.8 Å². The standard InChI is InChI=1S/C12H16N2O.C11H16N2O.C8H10N2O2.2C8H10N2O.C8H9NO.CH4/c1-11(2,3)8-6-7-9(13-8)12(4-5-12)14-10(7)15;1-6-9-7(10(14)12-6)5-8(13-9)11(2,3)4;1-4-2-5-7(9-4)6(3-11)10-8(5)12;2*1-4-3-6-7(9-4)5(2)10-8(6)11;1-5-4-6-7(9-5)2-3-8(6)10;/h6,13H,4-5H2,1-3H3,(H,14,15);5-6,13H,1-4H3,(H,12,14);2,6,9,11H,3H2,1H3,(H,10,12);2*3,5,9H,1-2H3,(H,10,11);4,9H,2-3H2,1H3;1H4/t;;;2*5-;;/m...10../s1. The Morgan fingerprint density at radius 2 is 0.878 bits per heavy atom. The molecule has 13 rings (SSSR count). The lowest BCUT2D eigenvalue weighted by molar-refractivity contribution is 0.0936. The maximum Gasteiger partial charge on any atom is 0.253 e. The molecule has 5 aliphatic heterocycles. The van der Waals surface area contributed by atoms with Crippen molar-refractivity contribution in [2.75, 3.05) is 6.61 Å².